The molecule has 51 heavy (non-hydrogen) atoms. The predicted octanol–water partition coefficient (Wildman–Crippen LogP) is 9.65. The van der Waals surface area contributed by atoms with Crippen LogP contribution in [0.5, 0.6) is 0 Å². The number of benzene rings is 5. The van der Waals surface area contributed by atoms with E-state index in [4.69, 9.17) is 15.0 Å². The Morgan fingerprint density at radius 3 is 2.18 bits per heavy atom. The molecule has 258 valence electrons. The molecule has 8 rings (SSSR count). The molecule has 0 bridgehead atoms. The van der Waals surface area contributed by atoms with E-state index < -0.39 is 5.66 Å². The smallest absolute Gasteiger partial charge is 0.315 e. The Hall–Kier alpha value is -5.49. The van der Waals surface area contributed by atoms with Crippen LogP contribution in [0.3, 0.4) is 0 Å². The second-order valence-electron chi connectivity index (χ2n) is 13.4. The van der Waals surface area contributed by atoms with Crippen molar-refractivity contribution in [2.45, 2.75) is 55.6 Å². The van der Waals surface area contributed by atoms with Crippen LogP contribution >= 0.6 is 11.8 Å². The molecule has 3 heterocycles. The van der Waals surface area contributed by atoms with Gasteiger partial charge in [-0.1, -0.05) is 61.0 Å². The van der Waals surface area contributed by atoms with Gasteiger partial charge in [0.1, 0.15) is 12.3 Å². The third-order valence-corrected chi connectivity index (χ3v) is 11.1. The van der Waals surface area contributed by atoms with Crippen LogP contribution in [0.1, 0.15) is 32.6 Å². The number of carbonyl (C=O) groups is 2. The molecule has 4 atom stereocenters. The summed E-state index contributed by atoms with van der Waals surface area (Å²) in [5.74, 6) is 0.722. The lowest BCUT2D eigenvalue weighted by Gasteiger charge is -2.38. The van der Waals surface area contributed by atoms with Gasteiger partial charge in [0.05, 0.1) is 34.8 Å². The number of hydrogen-bond donors (Lipinski definition) is 4. The van der Waals surface area contributed by atoms with Gasteiger partial charge < -0.3 is 26.0 Å². The average molecular weight is 699 g/mol. The Balaban J connectivity index is 0.915. The molecule has 2 amide bonds. The van der Waals surface area contributed by atoms with E-state index in [2.05, 4.69) is 31.5 Å². The van der Waals surface area contributed by atoms with Crippen LogP contribution in [0.25, 0.3) is 21.5 Å². The van der Waals surface area contributed by atoms with Crippen LogP contribution in [0.15, 0.2) is 118 Å². The fourth-order valence-electron chi connectivity index (χ4n) is 7.10. The number of thioether (sulfide) groups is 1. The third kappa shape index (κ3) is 6.96. The van der Waals surface area contributed by atoms with E-state index in [0.29, 0.717) is 11.7 Å². The zero-order valence-electron chi connectivity index (χ0n) is 28.1. The Labute approximate surface area is 299 Å². The highest BCUT2D eigenvalue weighted by atomic mass is 32.2. The lowest BCUT2D eigenvalue weighted by atomic mass is 9.99. The fourth-order valence-corrected chi connectivity index (χ4v) is 8.64. The number of urea groups is 1. The number of fused-ring (bicyclic) bond motifs is 2. The van der Waals surface area contributed by atoms with Gasteiger partial charge in [0.2, 0.25) is 0 Å². The Kier molecular flexibility index (Phi) is 8.99. The molecule has 4 N–H and O–H groups in total. The highest BCUT2D eigenvalue weighted by Gasteiger charge is 2.42. The van der Waals surface area contributed by atoms with Crippen LogP contribution in [-0.2, 0) is 9.53 Å². The van der Waals surface area contributed by atoms with Gasteiger partial charge >= 0.3 is 12.0 Å². The molecule has 11 nitrogen and oxygen atoms in total. The molecule has 0 aliphatic carbocycles. The molecule has 1 unspecified atom stereocenters. The van der Waals surface area contributed by atoms with E-state index in [1.54, 1.807) is 0 Å². The van der Waals surface area contributed by atoms with Gasteiger partial charge in [-0.05, 0) is 62.2 Å². The normalized spacial score (nSPS) is 22.1. The van der Waals surface area contributed by atoms with Crippen LogP contribution in [0, 0.1) is 0 Å². The monoisotopic (exact) mass is 698 g/mol. The molecule has 5 aromatic carbocycles. The topological polar surface area (TPSA) is 141 Å². The van der Waals surface area contributed by atoms with Crippen molar-refractivity contribution in [3.8, 4) is 0 Å². The number of carbonyl (C=O) groups excluding carboxylic acids is 2. The quantitative estimate of drug-likeness (QED) is 0.0469. The Morgan fingerprint density at radius 2 is 1.41 bits per heavy atom. The summed E-state index contributed by atoms with van der Waals surface area (Å²) >= 11 is 1.89. The number of nitrogens with zero attached hydrogens (tertiary/aromatic N) is 4. The zero-order valence-corrected chi connectivity index (χ0v) is 29.0. The summed E-state index contributed by atoms with van der Waals surface area (Å²) in [5, 5.41) is 35.7. The van der Waals surface area contributed by atoms with Crippen molar-refractivity contribution >= 4 is 79.4 Å². The van der Waals surface area contributed by atoms with Crippen molar-refractivity contribution in [2.24, 2.45) is 20.5 Å². The highest BCUT2D eigenvalue weighted by molar-refractivity contribution is 8.00. The second kappa shape index (κ2) is 14.0. The minimum Gasteiger partial charge on any atom is -0.461 e. The molecule has 5 aromatic rings. The standard InChI is InChI=1S/C39H38N8O3S/c1-39(23-50-35(48)17-8-7-16-34-37-33(22-51-34)40-38(49)41-37)42-31-15-9-14-27-30(20-21-32(43-39)36(27)31)47-46-29-19-18-28(25-12-5-6-13-26(25)29)45-44-24-10-3-2-4-11-24/h2-6,9-15,18-21,33-34,37,42-43H,7-8,16-17,22-23H2,1H3,(H2,40,41,49)/b45-44+,47-46+/t33-,34-,37-,39?/m1/s1. The lowest BCUT2D eigenvalue weighted by molar-refractivity contribution is -0.144. The summed E-state index contributed by atoms with van der Waals surface area (Å²) in [4.78, 5) is 24.4. The Bertz CT molecular complexity index is 2160. The van der Waals surface area contributed by atoms with Gasteiger partial charge in [0.15, 0.2) is 0 Å². The molecule has 3 aliphatic rings. The van der Waals surface area contributed by atoms with E-state index in [-0.39, 0.29) is 30.7 Å². The molecule has 2 saturated heterocycles. The first-order chi connectivity index (χ1) is 24.9. The third-order valence-electron chi connectivity index (χ3n) is 9.59. The molecule has 12 heteroatoms. The van der Waals surface area contributed by atoms with E-state index in [1.807, 2.05) is 116 Å². The summed E-state index contributed by atoms with van der Waals surface area (Å²) in [6, 6.07) is 31.8. The highest BCUT2D eigenvalue weighted by Crippen LogP contribution is 2.43. The van der Waals surface area contributed by atoms with Crippen molar-refractivity contribution in [1.29, 1.82) is 0 Å². The molecule has 3 aliphatic heterocycles. The Morgan fingerprint density at radius 1 is 0.765 bits per heavy atom. The maximum absolute atomic E-state index is 12.7. The minimum atomic E-state index is -0.693. The summed E-state index contributed by atoms with van der Waals surface area (Å²) in [5.41, 5.74) is 4.19. The van der Waals surface area contributed by atoms with Gasteiger partial charge in [-0.15, -0.1) is 15.3 Å². The van der Waals surface area contributed by atoms with Crippen LogP contribution in [0.4, 0.5) is 38.9 Å². The molecule has 0 radical (unpaired) electrons. The molecule has 0 saturated carbocycles. The summed E-state index contributed by atoms with van der Waals surface area (Å²) < 4.78 is 5.76. The van der Waals surface area contributed by atoms with Crippen molar-refractivity contribution in [3.05, 3.63) is 97.1 Å². The van der Waals surface area contributed by atoms with Gasteiger partial charge in [0.25, 0.3) is 0 Å². The predicted molar refractivity (Wildman–Crippen MR) is 203 cm³/mol. The minimum absolute atomic E-state index is 0.0717. The van der Waals surface area contributed by atoms with Crippen molar-refractivity contribution in [2.75, 3.05) is 23.0 Å². The number of amides is 2. The number of anilines is 2. The lowest BCUT2D eigenvalue weighted by Crippen LogP contribution is -2.49. The SMILES string of the molecule is CC1(COC(=O)CCCC[C@H]2SC[C@H]3NC(=O)N[C@H]32)Nc2cccc3c(/N=N/c4ccc(/N=N/c5ccccc5)c5ccccc45)ccc(c23)N1. The number of ether oxygens (including phenoxy) is 1. The van der Waals surface area contributed by atoms with E-state index >= 15 is 0 Å². The molecular formula is C39H38N8O3S. The molecule has 0 spiro atoms. The average Bonchev–Trinajstić information content (AvgIpc) is 3.71. The summed E-state index contributed by atoms with van der Waals surface area (Å²) in [6.45, 7) is 2.15. The molecular weight excluding hydrogens is 661 g/mol. The molecule has 2 fully saturated rings. The second-order valence-corrected chi connectivity index (χ2v) is 14.6. The van der Waals surface area contributed by atoms with E-state index in [9.17, 15) is 9.59 Å². The number of rotatable bonds is 11. The van der Waals surface area contributed by atoms with Crippen LogP contribution < -0.4 is 21.3 Å². The van der Waals surface area contributed by atoms with Crippen LogP contribution in [0.2, 0.25) is 0 Å². The van der Waals surface area contributed by atoms with Gasteiger partial charge in [-0.25, -0.2) is 4.79 Å². The first-order valence-electron chi connectivity index (χ1n) is 17.3. The van der Waals surface area contributed by atoms with E-state index in [1.165, 1.54) is 0 Å². The maximum Gasteiger partial charge on any atom is 0.315 e. The fraction of sp³-hybridized carbons (Fsp3) is 0.282. The van der Waals surface area contributed by atoms with Gasteiger partial charge in [-0.3, -0.25) is 4.79 Å². The van der Waals surface area contributed by atoms with Gasteiger partial charge in [0, 0.05) is 50.3 Å². The zero-order chi connectivity index (χ0) is 34.8. The van der Waals surface area contributed by atoms with Crippen molar-refractivity contribution < 1.29 is 14.3 Å². The van der Waals surface area contributed by atoms with Crippen molar-refractivity contribution in [3.63, 3.8) is 0 Å². The number of hydrogen-bond acceptors (Lipinski definition) is 10. The summed E-state index contributed by atoms with van der Waals surface area (Å²) in [7, 11) is 0. The van der Waals surface area contributed by atoms with Crippen molar-refractivity contribution in [1.82, 2.24) is 10.6 Å². The van der Waals surface area contributed by atoms with E-state index in [0.717, 1.165) is 80.7 Å². The number of esters is 1. The number of azo groups is 2. The largest absolute Gasteiger partial charge is 0.461 e. The summed E-state index contributed by atoms with van der Waals surface area (Å²) in [6.07, 6.45) is 3.00. The van der Waals surface area contributed by atoms with Crippen LogP contribution in [-0.4, -0.2) is 47.4 Å². The first kappa shape index (κ1) is 32.7. The number of unbranched alkanes of at least 4 members (excludes halogenated alkanes) is 1. The number of nitrogens with one attached hydrogen (secondary N) is 4. The van der Waals surface area contributed by atoms with Gasteiger partial charge in [-0.2, -0.15) is 16.9 Å². The maximum atomic E-state index is 12.7. The first-order valence-corrected chi connectivity index (χ1v) is 18.3. The molecule has 0 aromatic heterocycles.